The van der Waals surface area contributed by atoms with Gasteiger partial charge in [-0.1, -0.05) is 40.2 Å². The highest BCUT2D eigenvalue weighted by atomic mass is 79.9. The van der Waals surface area contributed by atoms with E-state index in [9.17, 15) is 4.39 Å². The highest BCUT2D eigenvalue weighted by Crippen LogP contribution is 2.12. The summed E-state index contributed by atoms with van der Waals surface area (Å²) in [6.07, 6.45) is -0.260. The summed E-state index contributed by atoms with van der Waals surface area (Å²) in [5.41, 5.74) is 2.27. The maximum Gasteiger partial charge on any atom is 0.114 e. The Kier molecular flexibility index (Phi) is 3.73. The monoisotopic (exact) mass is 230 g/mol. The maximum absolute atomic E-state index is 13.0. The Morgan fingerprint density at radius 2 is 2.08 bits per heavy atom. The van der Waals surface area contributed by atoms with Gasteiger partial charge in [0, 0.05) is 11.8 Å². The summed E-state index contributed by atoms with van der Waals surface area (Å²) in [5.74, 6) is 0. The molecule has 0 saturated heterocycles. The molecule has 0 nitrogen and oxygen atoms in total. The maximum atomic E-state index is 13.0. The van der Waals surface area contributed by atoms with Crippen molar-refractivity contribution < 1.29 is 4.39 Å². The Bertz CT molecular complexity index is 247. The molecule has 0 bridgehead atoms. The molecule has 0 N–H and O–H groups in total. The molecule has 0 aliphatic rings. The molecule has 0 fully saturated rings. The van der Waals surface area contributed by atoms with Crippen molar-refractivity contribution in [1.29, 1.82) is 0 Å². The Balaban J connectivity index is 2.69. The third kappa shape index (κ3) is 2.59. The second kappa shape index (κ2) is 4.61. The fourth-order valence-electron chi connectivity index (χ4n) is 1.13. The number of aryl methyl sites for hydroxylation is 1. The minimum absolute atomic E-state index is 0.418. The van der Waals surface area contributed by atoms with Crippen LogP contribution in [0.3, 0.4) is 0 Å². The van der Waals surface area contributed by atoms with Crippen LogP contribution in [0.25, 0.3) is 0 Å². The van der Waals surface area contributed by atoms with Crippen molar-refractivity contribution in [2.24, 2.45) is 0 Å². The van der Waals surface area contributed by atoms with Crippen LogP contribution in [0, 0.1) is 6.92 Å². The van der Waals surface area contributed by atoms with Crippen LogP contribution in [0.2, 0.25) is 0 Å². The highest BCUT2D eigenvalue weighted by molar-refractivity contribution is 9.09. The Morgan fingerprint density at radius 1 is 1.42 bits per heavy atom. The van der Waals surface area contributed by atoms with Crippen LogP contribution in [-0.2, 0) is 6.42 Å². The van der Waals surface area contributed by atoms with E-state index in [1.165, 1.54) is 5.56 Å². The van der Waals surface area contributed by atoms with Gasteiger partial charge in [0.1, 0.15) is 6.17 Å². The first-order valence-electron chi connectivity index (χ1n) is 3.98. The van der Waals surface area contributed by atoms with Crippen molar-refractivity contribution in [2.75, 3.05) is 5.33 Å². The van der Waals surface area contributed by atoms with E-state index in [-0.39, 0.29) is 0 Å². The van der Waals surface area contributed by atoms with Crippen LogP contribution in [0.1, 0.15) is 11.1 Å². The first-order valence-corrected chi connectivity index (χ1v) is 5.10. The lowest BCUT2D eigenvalue weighted by Gasteiger charge is -2.06. The van der Waals surface area contributed by atoms with E-state index in [0.29, 0.717) is 11.8 Å². The Morgan fingerprint density at radius 3 is 2.67 bits per heavy atom. The Hall–Kier alpha value is -0.370. The van der Waals surface area contributed by atoms with Crippen LogP contribution in [0.4, 0.5) is 4.39 Å². The zero-order valence-corrected chi connectivity index (χ0v) is 8.64. The van der Waals surface area contributed by atoms with Crippen LogP contribution < -0.4 is 0 Å². The van der Waals surface area contributed by atoms with Gasteiger partial charge in [0.05, 0.1) is 0 Å². The average Bonchev–Trinajstić information content (AvgIpc) is 2.09. The van der Waals surface area contributed by atoms with Crippen molar-refractivity contribution in [3.63, 3.8) is 0 Å². The summed E-state index contributed by atoms with van der Waals surface area (Å²) < 4.78 is 13.0. The van der Waals surface area contributed by atoms with Gasteiger partial charge >= 0.3 is 0 Å². The fraction of sp³-hybridized carbons (Fsp3) is 0.400. The van der Waals surface area contributed by atoms with Gasteiger partial charge in [-0.05, 0) is 18.1 Å². The molecule has 0 saturated carbocycles. The second-order valence-corrected chi connectivity index (χ2v) is 3.53. The quantitative estimate of drug-likeness (QED) is 0.700. The third-order valence-corrected chi connectivity index (χ3v) is 2.57. The largest absolute Gasteiger partial charge is 0.246 e. The van der Waals surface area contributed by atoms with Crippen LogP contribution in [0.5, 0.6) is 0 Å². The van der Waals surface area contributed by atoms with Gasteiger partial charge in [0.15, 0.2) is 0 Å². The molecule has 0 amide bonds. The average molecular weight is 231 g/mol. The first kappa shape index (κ1) is 9.72. The molecule has 1 aromatic carbocycles. The molecule has 1 rings (SSSR count). The fourth-order valence-corrected chi connectivity index (χ4v) is 1.36. The molecule has 0 heterocycles. The van der Waals surface area contributed by atoms with Gasteiger partial charge in [-0.2, -0.15) is 0 Å². The number of hydrogen-bond donors (Lipinski definition) is 0. The summed E-state index contributed by atoms with van der Waals surface area (Å²) in [6.45, 7) is 2.01. The number of alkyl halides is 2. The molecule has 2 heteroatoms. The molecule has 0 aliphatic heterocycles. The molecule has 0 radical (unpaired) electrons. The lowest BCUT2D eigenvalue weighted by molar-refractivity contribution is 0.368. The van der Waals surface area contributed by atoms with Crippen LogP contribution in [0.15, 0.2) is 24.3 Å². The summed E-state index contributed by atoms with van der Waals surface area (Å²) >= 11 is 3.12. The SMILES string of the molecule is Cc1ccccc1CC(F)CBr. The summed E-state index contributed by atoms with van der Waals surface area (Å²) in [5, 5.41) is 0.418. The lowest BCUT2D eigenvalue weighted by Crippen LogP contribution is -2.06. The van der Waals surface area contributed by atoms with Gasteiger partial charge in [-0.15, -0.1) is 0 Å². The van der Waals surface area contributed by atoms with Gasteiger partial charge in [0.25, 0.3) is 0 Å². The van der Waals surface area contributed by atoms with E-state index in [0.717, 1.165) is 5.56 Å². The first-order chi connectivity index (χ1) is 5.74. The van der Waals surface area contributed by atoms with Gasteiger partial charge in [-0.3, -0.25) is 0 Å². The summed E-state index contributed by atoms with van der Waals surface area (Å²) in [7, 11) is 0. The number of benzene rings is 1. The van der Waals surface area contributed by atoms with Crippen LogP contribution >= 0.6 is 15.9 Å². The van der Waals surface area contributed by atoms with Gasteiger partial charge < -0.3 is 0 Å². The molecule has 1 aromatic rings. The van der Waals surface area contributed by atoms with E-state index in [2.05, 4.69) is 15.9 Å². The van der Waals surface area contributed by atoms with Crippen molar-refractivity contribution in [3.05, 3.63) is 35.4 Å². The molecule has 66 valence electrons. The predicted molar refractivity (Wildman–Crippen MR) is 53.6 cm³/mol. The van der Waals surface area contributed by atoms with E-state index >= 15 is 0 Å². The number of halogens is 2. The van der Waals surface area contributed by atoms with E-state index in [4.69, 9.17) is 0 Å². The third-order valence-electron chi connectivity index (χ3n) is 1.87. The smallest absolute Gasteiger partial charge is 0.114 e. The molecule has 12 heavy (non-hydrogen) atoms. The van der Waals surface area contributed by atoms with Gasteiger partial charge in [0.2, 0.25) is 0 Å². The van der Waals surface area contributed by atoms with Crippen molar-refractivity contribution >= 4 is 15.9 Å². The topological polar surface area (TPSA) is 0 Å². The molecule has 1 unspecified atom stereocenters. The lowest BCUT2D eigenvalue weighted by atomic mass is 10.0. The molecule has 0 aliphatic carbocycles. The molecular formula is C10H12BrF. The standard InChI is InChI=1S/C10H12BrF/c1-8-4-2-3-5-9(8)6-10(12)7-11/h2-5,10H,6-7H2,1H3. The van der Waals surface area contributed by atoms with Crippen molar-refractivity contribution in [1.82, 2.24) is 0 Å². The minimum Gasteiger partial charge on any atom is -0.246 e. The van der Waals surface area contributed by atoms with Crippen LogP contribution in [-0.4, -0.2) is 11.5 Å². The highest BCUT2D eigenvalue weighted by Gasteiger charge is 2.06. The number of rotatable bonds is 3. The molecule has 1 atom stereocenters. The van der Waals surface area contributed by atoms with E-state index < -0.39 is 6.17 Å². The zero-order chi connectivity index (χ0) is 8.97. The van der Waals surface area contributed by atoms with E-state index in [1.807, 2.05) is 31.2 Å². The molecular weight excluding hydrogens is 219 g/mol. The van der Waals surface area contributed by atoms with E-state index in [1.54, 1.807) is 0 Å². The predicted octanol–water partition coefficient (Wildman–Crippen LogP) is 3.27. The van der Waals surface area contributed by atoms with Gasteiger partial charge in [-0.25, -0.2) is 4.39 Å². The Labute approximate surface area is 80.9 Å². The normalized spacial score (nSPS) is 12.9. The number of hydrogen-bond acceptors (Lipinski definition) is 0. The zero-order valence-electron chi connectivity index (χ0n) is 7.06. The second-order valence-electron chi connectivity index (χ2n) is 2.88. The summed E-state index contributed by atoms with van der Waals surface area (Å²) in [6, 6.07) is 7.91. The molecule has 0 spiro atoms. The summed E-state index contributed by atoms with van der Waals surface area (Å²) in [4.78, 5) is 0. The minimum atomic E-state index is -0.772. The van der Waals surface area contributed by atoms with Crippen molar-refractivity contribution in [3.8, 4) is 0 Å². The molecule has 0 aromatic heterocycles. The van der Waals surface area contributed by atoms with Crippen molar-refractivity contribution in [2.45, 2.75) is 19.5 Å².